The van der Waals surface area contributed by atoms with Crippen molar-refractivity contribution in [3.8, 4) is 5.75 Å². The molecule has 2 N–H and O–H groups in total. The summed E-state index contributed by atoms with van der Waals surface area (Å²) in [6.07, 6.45) is 4.07. The molecule has 1 atom stereocenters. The van der Waals surface area contributed by atoms with E-state index in [1.165, 1.54) is 25.1 Å². The molecule has 37 heavy (non-hydrogen) atoms. The molecule has 2 aliphatic rings. The number of halogens is 4. The van der Waals surface area contributed by atoms with Crippen LogP contribution in [-0.2, 0) is 5.92 Å². The second-order valence-electron chi connectivity index (χ2n) is 9.99. The summed E-state index contributed by atoms with van der Waals surface area (Å²) in [5, 5.41) is 5.52. The number of aromatic nitrogens is 2. The molecule has 4 rings (SSSR count). The minimum atomic E-state index is -3.12. The minimum absolute atomic E-state index is 0.0329. The van der Waals surface area contributed by atoms with Gasteiger partial charge in [-0.15, -0.1) is 0 Å². The first-order valence-electron chi connectivity index (χ1n) is 12.6. The number of carbonyl (C=O) groups excluding carboxylic acids is 1. The van der Waals surface area contributed by atoms with Crippen LogP contribution in [0.25, 0.3) is 0 Å². The van der Waals surface area contributed by atoms with Gasteiger partial charge in [0.2, 0.25) is 5.95 Å². The van der Waals surface area contributed by atoms with Gasteiger partial charge in [0.05, 0.1) is 30.5 Å². The molecule has 1 saturated carbocycles. The maximum Gasteiger partial charge on any atom is 0.278 e. The lowest BCUT2D eigenvalue weighted by Gasteiger charge is -2.44. The molecule has 0 radical (unpaired) electrons. The number of nitrogens with zero attached hydrogens (tertiary/aromatic N) is 3. The Balaban J connectivity index is 1.56. The van der Waals surface area contributed by atoms with E-state index in [2.05, 4.69) is 20.6 Å². The molecule has 0 unspecified atom stereocenters. The number of amides is 1. The van der Waals surface area contributed by atoms with Crippen LogP contribution in [-0.4, -0.2) is 54.2 Å². The maximum absolute atomic E-state index is 15.4. The lowest BCUT2D eigenvalue weighted by Crippen LogP contribution is -2.35. The van der Waals surface area contributed by atoms with Gasteiger partial charge < -0.3 is 20.3 Å². The highest BCUT2D eigenvalue weighted by Crippen LogP contribution is 2.54. The van der Waals surface area contributed by atoms with Crippen molar-refractivity contribution < 1.29 is 27.1 Å². The number of hydrogen-bond donors (Lipinski definition) is 2. The fraction of sp³-hybridized carbons (Fsp3) is 0.577. The van der Waals surface area contributed by atoms with E-state index < -0.39 is 23.8 Å². The number of rotatable bonds is 10. The van der Waals surface area contributed by atoms with Gasteiger partial charge in [-0.25, -0.2) is 22.5 Å². The molecule has 7 nitrogen and oxygen atoms in total. The van der Waals surface area contributed by atoms with Crippen molar-refractivity contribution in [2.24, 2.45) is 5.41 Å². The molecule has 2 aromatic rings. The number of hydrogen-bond acceptors (Lipinski definition) is 6. The molecule has 1 aliphatic heterocycles. The van der Waals surface area contributed by atoms with Crippen LogP contribution in [0.1, 0.15) is 67.8 Å². The van der Waals surface area contributed by atoms with Crippen LogP contribution in [0.4, 0.5) is 35.0 Å². The van der Waals surface area contributed by atoms with Gasteiger partial charge in [0.1, 0.15) is 23.6 Å². The van der Waals surface area contributed by atoms with E-state index in [-0.39, 0.29) is 65.7 Å². The summed E-state index contributed by atoms with van der Waals surface area (Å²) in [5.74, 6) is -4.55. The van der Waals surface area contributed by atoms with Gasteiger partial charge in [0, 0.05) is 32.3 Å². The molecule has 1 amide bonds. The number of ether oxygens (including phenoxy) is 1. The fourth-order valence-electron chi connectivity index (χ4n) is 5.37. The second-order valence-corrected chi connectivity index (χ2v) is 9.99. The van der Waals surface area contributed by atoms with Gasteiger partial charge in [0.15, 0.2) is 0 Å². The number of benzene rings is 1. The lowest BCUT2D eigenvalue weighted by molar-refractivity contribution is -0.0787. The maximum atomic E-state index is 15.4. The molecule has 1 saturated heterocycles. The van der Waals surface area contributed by atoms with Gasteiger partial charge in [-0.3, -0.25) is 4.79 Å². The SMILES string of the molecule is CCCC1(CC(F)(F)c2cnc(Nc3cc(F)c(C(=O)N4CC[C@@H](F)C4)cc3OC)nc2NC)CCC1. The smallest absolute Gasteiger partial charge is 0.278 e. The van der Waals surface area contributed by atoms with Crippen molar-refractivity contribution >= 4 is 23.4 Å². The van der Waals surface area contributed by atoms with Crippen molar-refractivity contribution in [1.82, 2.24) is 14.9 Å². The second kappa shape index (κ2) is 10.7. The predicted octanol–water partition coefficient (Wildman–Crippen LogP) is 6.05. The highest BCUT2D eigenvalue weighted by molar-refractivity contribution is 5.96. The van der Waals surface area contributed by atoms with Crippen molar-refractivity contribution in [1.29, 1.82) is 0 Å². The molecular weight excluding hydrogens is 490 g/mol. The van der Waals surface area contributed by atoms with Crippen molar-refractivity contribution in [3.05, 3.63) is 35.3 Å². The average molecular weight is 524 g/mol. The van der Waals surface area contributed by atoms with Crippen molar-refractivity contribution in [3.63, 3.8) is 0 Å². The highest BCUT2D eigenvalue weighted by Gasteiger charge is 2.47. The first-order valence-corrected chi connectivity index (χ1v) is 12.6. The molecule has 1 aromatic carbocycles. The molecule has 1 aromatic heterocycles. The summed E-state index contributed by atoms with van der Waals surface area (Å²) in [6.45, 7) is 2.13. The Hall–Kier alpha value is -3.11. The third kappa shape index (κ3) is 5.60. The average Bonchev–Trinajstić information content (AvgIpc) is 3.28. The Labute approximate surface area is 214 Å². The van der Waals surface area contributed by atoms with Crippen LogP contribution in [0.3, 0.4) is 0 Å². The molecule has 2 heterocycles. The van der Waals surface area contributed by atoms with Crippen molar-refractivity contribution in [2.45, 2.75) is 64.0 Å². The quantitative estimate of drug-likeness (QED) is 0.370. The van der Waals surface area contributed by atoms with Crippen LogP contribution >= 0.6 is 0 Å². The van der Waals surface area contributed by atoms with Gasteiger partial charge in [-0.2, -0.15) is 4.98 Å². The summed E-state index contributed by atoms with van der Waals surface area (Å²) in [7, 11) is 2.84. The van der Waals surface area contributed by atoms with Gasteiger partial charge in [-0.05, 0) is 37.2 Å². The number of anilines is 3. The van der Waals surface area contributed by atoms with Crippen LogP contribution in [0.5, 0.6) is 5.75 Å². The zero-order chi connectivity index (χ0) is 26.8. The Bertz CT molecular complexity index is 1140. The highest BCUT2D eigenvalue weighted by atomic mass is 19.3. The Morgan fingerprint density at radius 2 is 2.08 bits per heavy atom. The molecule has 1 aliphatic carbocycles. The number of methoxy groups -OCH3 is 1. The summed E-state index contributed by atoms with van der Waals surface area (Å²) in [6, 6.07) is 2.27. The molecule has 202 valence electrons. The number of carbonyl (C=O) groups is 1. The normalized spacial score (nSPS) is 18.9. The van der Waals surface area contributed by atoms with E-state index in [0.29, 0.717) is 0 Å². The third-order valence-electron chi connectivity index (χ3n) is 7.40. The molecular formula is C26H33F4N5O2. The van der Waals surface area contributed by atoms with Gasteiger partial charge in [0.25, 0.3) is 11.8 Å². The predicted molar refractivity (Wildman–Crippen MR) is 133 cm³/mol. The topological polar surface area (TPSA) is 79.4 Å². The standard InChI is InChI=1S/C26H33F4N5O2/c1-4-7-25(8-5-9-25)15-26(29,30)18-13-32-24(34-22(18)31-2)33-20-12-19(28)17(11-21(20)37-3)23(36)35-10-6-16(27)14-35/h11-13,16H,4-10,14-15H2,1-3H3,(H2,31,32,33,34)/t16-/m1/s1. The lowest BCUT2D eigenvalue weighted by atomic mass is 9.62. The third-order valence-corrected chi connectivity index (χ3v) is 7.40. The number of likely N-dealkylation sites (tertiary alicyclic amines) is 1. The molecule has 0 spiro atoms. The Morgan fingerprint density at radius 3 is 2.65 bits per heavy atom. The molecule has 11 heteroatoms. The van der Waals surface area contributed by atoms with Gasteiger partial charge >= 0.3 is 0 Å². The van der Waals surface area contributed by atoms with Crippen LogP contribution in [0.2, 0.25) is 0 Å². The number of alkyl halides is 3. The summed E-state index contributed by atoms with van der Waals surface area (Å²) >= 11 is 0. The zero-order valence-electron chi connectivity index (χ0n) is 21.3. The Kier molecular flexibility index (Phi) is 7.80. The van der Waals surface area contributed by atoms with E-state index in [1.807, 2.05) is 6.92 Å². The Morgan fingerprint density at radius 1 is 1.32 bits per heavy atom. The monoisotopic (exact) mass is 523 g/mol. The minimum Gasteiger partial charge on any atom is -0.495 e. The van der Waals surface area contributed by atoms with E-state index >= 15 is 8.78 Å². The summed E-state index contributed by atoms with van der Waals surface area (Å²) in [5.41, 5.74) is -0.789. The van der Waals surface area contributed by atoms with E-state index in [1.54, 1.807) is 0 Å². The van der Waals surface area contributed by atoms with Crippen molar-refractivity contribution in [2.75, 3.05) is 37.9 Å². The summed E-state index contributed by atoms with van der Waals surface area (Å²) < 4.78 is 64.5. The van der Waals surface area contributed by atoms with Crippen LogP contribution in [0, 0.1) is 11.2 Å². The zero-order valence-corrected chi connectivity index (χ0v) is 21.3. The van der Waals surface area contributed by atoms with E-state index in [9.17, 15) is 13.6 Å². The molecule has 0 bridgehead atoms. The number of nitrogens with one attached hydrogen (secondary N) is 2. The molecule has 2 fully saturated rings. The van der Waals surface area contributed by atoms with Crippen LogP contribution < -0.4 is 15.4 Å². The fourth-order valence-corrected chi connectivity index (χ4v) is 5.37. The van der Waals surface area contributed by atoms with E-state index in [4.69, 9.17) is 4.74 Å². The largest absolute Gasteiger partial charge is 0.495 e. The first kappa shape index (κ1) is 26.9. The van der Waals surface area contributed by atoms with Crippen LogP contribution in [0.15, 0.2) is 18.3 Å². The summed E-state index contributed by atoms with van der Waals surface area (Å²) in [4.78, 5) is 22.2. The van der Waals surface area contributed by atoms with Gasteiger partial charge in [-0.1, -0.05) is 19.8 Å². The van der Waals surface area contributed by atoms with E-state index in [0.717, 1.165) is 44.4 Å². The first-order chi connectivity index (χ1) is 17.6.